The number of halogens is 1. The molecule has 5 heteroatoms. The Labute approximate surface area is 116 Å². The monoisotopic (exact) mass is 281 g/mol. The van der Waals surface area contributed by atoms with Gasteiger partial charge < -0.3 is 5.32 Å². The number of nitrogens with zero attached hydrogens (tertiary/aromatic N) is 2. The molecule has 0 spiro atoms. The van der Waals surface area contributed by atoms with Crippen LogP contribution in [0.3, 0.4) is 0 Å². The first-order valence-electron chi connectivity index (χ1n) is 6.30. The molecule has 1 N–H and O–H groups in total. The zero-order valence-electron chi connectivity index (χ0n) is 10.2. The highest BCUT2D eigenvalue weighted by Gasteiger charge is 2.12. The van der Waals surface area contributed by atoms with Crippen molar-refractivity contribution < 1.29 is 0 Å². The van der Waals surface area contributed by atoms with Gasteiger partial charge in [0, 0.05) is 13.1 Å². The number of hydrogen-bond donors (Lipinski definition) is 1. The summed E-state index contributed by atoms with van der Waals surface area (Å²) >= 11 is 7.91. The number of thiazole rings is 1. The molecule has 1 fully saturated rings. The lowest BCUT2D eigenvalue weighted by Gasteiger charge is -2.17. The van der Waals surface area contributed by atoms with Gasteiger partial charge in [-0.15, -0.1) is 11.3 Å². The number of aromatic nitrogens is 1. The van der Waals surface area contributed by atoms with Crippen molar-refractivity contribution in [3.63, 3.8) is 0 Å². The first kappa shape index (κ1) is 12.4. The highest BCUT2D eigenvalue weighted by Crippen LogP contribution is 2.29. The molecule has 1 saturated heterocycles. The van der Waals surface area contributed by atoms with Crippen LogP contribution in [0, 0.1) is 0 Å². The molecule has 2 aromatic rings. The Bertz CT molecular complexity index is 532. The van der Waals surface area contributed by atoms with E-state index in [9.17, 15) is 0 Å². The minimum Gasteiger partial charge on any atom is -0.315 e. The van der Waals surface area contributed by atoms with Gasteiger partial charge in [-0.25, -0.2) is 4.98 Å². The average Bonchev–Trinajstić information content (AvgIpc) is 2.60. The summed E-state index contributed by atoms with van der Waals surface area (Å²) in [5.41, 5.74) is 1.02. The van der Waals surface area contributed by atoms with Crippen molar-refractivity contribution in [3.05, 3.63) is 28.2 Å². The topological polar surface area (TPSA) is 28.2 Å². The Hall–Kier alpha value is -0.680. The molecule has 0 bridgehead atoms. The van der Waals surface area contributed by atoms with Gasteiger partial charge in [0.1, 0.15) is 5.01 Å². The van der Waals surface area contributed by atoms with Crippen molar-refractivity contribution >= 4 is 33.2 Å². The number of fused-ring (bicyclic) bond motifs is 1. The fourth-order valence-corrected chi connectivity index (χ4v) is 3.58. The Morgan fingerprint density at radius 3 is 3.17 bits per heavy atom. The highest BCUT2D eigenvalue weighted by molar-refractivity contribution is 7.19. The molecule has 0 atom stereocenters. The van der Waals surface area contributed by atoms with Crippen molar-refractivity contribution in [2.45, 2.75) is 13.0 Å². The van der Waals surface area contributed by atoms with Gasteiger partial charge in [-0.3, -0.25) is 4.90 Å². The van der Waals surface area contributed by atoms with Crippen LogP contribution in [-0.2, 0) is 6.54 Å². The van der Waals surface area contributed by atoms with Crippen LogP contribution in [-0.4, -0.2) is 36.1 Å². The molecule has 3 rings (SSSR count). The lowest BCUT2D eigenvalue weighted by molar-refractivity contribution is 0.284. The smallest absolute Gasteiger partial charge is 0.108 e. The maximum absolute atomic E-state index is 6.19. The van der Waals surface area contributed by atoms with Crippen LogP contribution in [0.15, 0.2) is 18.2 Å². The highest BCUT2D eigenvalue weighted by atomic mass is 35.5. The predicted octanol–water partition coefficient (Wildman–Crippen LogP) is 2.75. The summed E-state index contributed by atoms with van der Waals surface area (Å²) in [6, 6.07) is 5.93. The van der Waals surface area contributed by atoms with Gasteiger partial charge in [0.15, 0.2) is 0 Å². The van der Waals surface area contributed by atoms with E-state index in [0.717, 1.165) is 48.0 Å². The van der Waals surface area contributed by atoms with Crippen LogP contribution in [0.5, 0.6) is 0 Å². The van der Waals surface area contributed by atoms with E-state index >= 15 is 0 Å². The van der Waals surface area contributed by atoms with Gasteiger partial charge in [0.25, 0.3) is 0 Å². The van der Waals surface area contributed by atoms with Crippen molar-refractivity contribution in [2.75, 3.05) is 26.2 Å². The summed E-state index contributed by atoms with van der Waals surface area (Å²) in [5, 5.41) is 5.40. The number of nitrogens with one attached hydrogen (secondary N) is 1. The summed E-state index contributed by atoms with van der Waals surface area (Å²) in [6.45, 7) is 5.39. The van der Waals surface area contributed by atoms with Crippen molar-refractivity contribution in [2.24, 2.45) is 0 Å². The summed E-state index contributed by atoms with van der Waals surface area (Å²) in [7, 11) is 0. The first-order valence-corrected chi connectivity index (χ1v) is 7.49. The molecule has 0 unspecified atom stereocenters. The van der Waals surface area contributed by atoms with Crippen LogP contribution in [0.2, 0.25) is 5.02 Å². The summed E-state index contributed by atoms with van der Waals surface area (Å²) in [5.74, 6) is 0. The number of benzene rings is 1. The lowest BCUT2D eigenvalue weighted by Crippen LogP contribution is -2.27. The lowest BCUT2D eigenvalue weighted by atomic mass is 10.3. The standard InChI is InChI=1S/C13H16ClN3S/c14-10-3-1-4-11-13(10)18-12(16-11)9-17-7-2-5-15-6-8-17/h1,3-4,15H,2,5-9H2. The van der Waals surface area contributed by atoms with Crippen LogP contribution in [0.4, 0.5) is 0 Å². The SMILES string of the molecule is Clc1cccc2nc(CN3CCCNCC3)sc12. The average molecular weight is 282 g/mol. The molecule has 0 saturated carbocycles. The molecule has 96 valence electrons. The normalized spacial score (nSPS) is 18.1. The summed E-state index contributed by atoms with van der Waals surface area (Å²) in [6.07, 6.45) is 1.21. The fraction of sp³-hybridized carbons (Fsp3) is 0.462. The van der Waals surface area contributed by atoms with E-state index < -0.39 is 0 Å². The van der Waals surface area contributed by atoms with Gasteiger partial charge in [-0.1, -0.05) is 17.7 Å². The molecule has 1 aliphatic rings. The molecule has 0 amide bonds. The van der Waals surface area contributed by atoms with E-state index in [1.165, 1.54) is 11.4 Å². The maximum Gasteiger partial charge on any atom is 0.108 e. The maximum atomic E-state index is 6.19. The first-order chi connectivity index (χ1) is 8.83. The summed E-state index contributed by atoms with van der Waals surface area (Å²) < 4.78 is 1.11. The van der Waals surface area contributed by atoms with Gasteiger partial charge in [0.2, 0.25) is 0 Å². The van der Waals surface area contributed by atoms with Gasteiger partial charge in [-0.2, -0.15) is 0 Å². The Morgan fingerprint density at radius 2 is 2.28 bits per heavy atom. The minimum absolute atomic E-state index is 0.814. The molecule has 1 aromatic carbocycles. The molecule has 3 nitrogen and oxygen atoms in total. The van der Waals surface area contributed by atoms with E-state index in [4.69, 9.17) is 11.6 Å². The Morgan fingerprint density at radius 1 is 1.33 bits per heavy atom. The predicted molar refractivity (Wildman–Crippen MR) is 77.4 cm³/mol. The molecule has 0 radical (unpaired) electrons. The molecule has 18 heavy (non-hydrogen) atoms. The third-order valence-electron chi connectivity index (χ3n) is 3.20. The van der Waals surface area contributed by atoms with Crippen LogP contribution in [0.1, 0.15) is 11.4 Å². The van der Waals surface area contributed by atoms with Crippen LogP contribution in [0.25, 0.3) is 10.2 Å². The van der Waals surface area contributed by atoms with Crippen LogP contribution < -0.4 is 5.32 Å². The van der Waals surface area contributed by atoms with E-state index in [-0.39, 0.29) is 0 Å². The summed E-state index contributed by atoms with van der Waals surface area (Å²) in [4.78, 5) is 7.13. The molecule has 2 heterocycles. The molecule has 1 aliphatic heterocycles. The van der Waals surface area contributed by atoms with Gasteiger partial charge in [-0.05, 0) is 31.6 Å². The molecular formula is C13H16ClN3S. The van der Waals surface area contributed by atoms with E-state index in [0.29, 0.717) is 0 Å². The Kier molecular flexibility index (Phi) is 3.80. The van der Waals surface area contributed by atoms with Crippen molar-refractivity contribution in [1.29, 1.82) is 0 Å². The van der Waals surface area contributed by atoms with E-state index in [1.54, 1.807) is 11.3 Å². The second kappa shape index (κ2) is 5.53. The largest absolute Gasteiger partial charge is 0.315 e. The number of rotatable bonds is 2. The van der Waals surface area contributed by atoms with E-state index in [2.05, 4.69) is 15.2 Å². The quantitative estimate of drug-likeness (QED) is 0.917. The second-order valence-corrected chi connectivity index (χ2v) is 6.07. The van der Waals surface area contributed by atoms with Crippen molar-refractivity contribution in [1.82, 2.24) is 15.2 Å². The third kappa shape index (κ3) is 2.67. The van der Waals surface area contributed by atoms with E-state index in [1.807, 2.05) is 18.2 Å². The molecule has 1 aromatic heterocycles. The molecular weight excluding hydrogens is 266 g/mol. The zero-order chi connectivity index (χ0) is 12.4. The molecule has 0 aliphatic carbocycles. The Balaban J connectivity index is 1.79. The second-order valence-electron chi connectivity index (χ2n) is 4.58. The van der Waals surface area contributed by atoms with Gasteiger partial charge >= 0.3 is 0 Å². The third-order valence-corrected chi connectivity index (χ3v) is 4.72. The number of hydrogen-bond acceptors (Lipinski definition) is 4. The van der Waals surface area contributed by atoms with Crippen molar-refractivity contribution in [3.8, 4) is 0 Å². The fourth-order valence-electron chi connectivity index (χ4n) is 2.28. The van der Waals surface area contributed by atoms with Crippen LogP contribution >= 0.6 is 22.9 Å². The van der Waals surface area contributed by atoms with Gasteiger partial charge in [0.05, 0.1) is 21.8 Å². The zero-order valence-corrected chi connectivity index (χ0v) is 11.7. The minimum atomic E-state index is 0.814.